The second kappa shape index (κ2) is 7.57. The molecule has 2 aromatic heterocycles. The molecule has 0 spiro atoms. The molecule has 2 aliphatic rings. The first-order valence-corrected chi connectivity index (χ1v) is 11.6. The average Bonchev–Trinajstić information content (AvgIpc) is 3.49. The molecule has 3 heterocycles. The number of hydrogen-bond acceptors (Lipinski definition) is 5. The van der Waals surface area contributed by atoms with Crippen LogP contribution in [-0.4, -0.2) is 39.0 Å². The minimum Gasteiger partial charge on any atom is -0.481 e. The summed E-state index contributed by atoms with van der Waals surface area (Å²) < 4.78 is 15.9. The molecule has 4 aromatic rings. The van der Waals surface area contributed by atoms with E-state index in [1.165, 1.54) is 23.0 Å². The van der Waals surface area contributed by atoms with E-state index in [0.29, 0.717) is 35.9 Å². The minimum atomic E-state index is -0.771. The fourth-order valence-corrected chi connectivity index (χ4v) is 5.35. The quantitative estimate of drug-likeness (QED) is 0.419. The Kier molecular flexibility index (Phi) is 4.64. The van der Waals surface area contributed by atoms with E-state index >= 15 is 0 Å². The fourth-order valence-electron chi connectivity index (χ4n) is 4.42. The van der Waals surface area contributed by atoms with Crippen molar-refractivity contribution in [2.75, 3.05) is 13.1 Å². The van der Waals surface area contributed by atoms with Crippen LogP contribution in [0.15, 0.2) is 72.8 Å². The monoisotopic (exact) mass is 457 g/mol. The van der Waals surface area contributed by atoms with Crippen molar-refractivity contribution < 1.29 is 14.3 Å². The molecule has 0 saturated carbocycles. The van der Waals surface area contributed by atoms with Gasteiger partial charge in [0.1, 0.15) is 10.8 Å². The molecule has 0 atom stereocenters. The van der Waals surface area contributed by atoms with Crippen LogP contribution < -0.4 is 0 Å². The summed E-state index contributed by atoms with van der Waals surface area (Å²) in [6, 6.07) is 19.4. The summed E-state index contributed by atoms with van der Waals surface area (Å²) >= 11 is 1.43. The summed E-state index contributed by atoms with van der Waals surface area (Å²) in [5.41, 5.74) is 3.72. The van der Waals surface area contributed by atoms with Crippen LogP contribution in [0.25, 0.3) is 20.9 Å². The Bertz CT molecular complexity index is 1400. The molecule has 1 aliphatic heterocycles. The van der Waals surface area contributed by atoms with Gasteiger partial charge in [0.25, 0.3) is 0 Å². The number of benzene rings is 2. The minimum absolute atomic E-state index is 0.275. The van der Waals surface area contributed by atoms with Crippen molar-refractivity contribution in [3.05, 3.63) is 95.5 Å². The maximum absolute atomic E-state index is 15.0. The van der Waals surface area contributed by atoms with Crippen LogP contribution >= 0.6 is 11.3 Å². The van der Waals surface area contributed by atoms with Gasteiger partial charge in [-0.2, -0.15) is 0 Å². The molecular formula is C26H20FN3O2S. The third-order valence-electron chi connectivity index (χ3n) is 6.41. The predicted molar refractivity (Wildman–Crippen MR) is 126 cm³/mol. The molecular weight excluding hydrogens is 437 g/mol. The second-order valence-corrected chi connectivity index (χ2v) is 9.68. The fraction of sp³-hybridized carbons (Fsp3) is 0.192. The number of thiazole rings is 1. The lowest BCUT2D eigenvalue weighted by Gasteiger charge is -2.36. The first-order valence-electron chi connectivity index (χ1n) is 10.8. The molecule has 6 rings (SSSR count). The number of carboxylic acid groups (broad SMARTS) is 1. The van der Waals surface area contributed by atoms with Crippen LogP contribution in [0.2, 0.25) is 0 Å². The van der Waals surface area contributed by atoms with Gasteiger partial charge in [-0.05, 0) is 35.4 Å². The number of pyridine rings is 1. The normalized spacial score (nSPS) is 17.2. The van der Waals surface area contributed by atoms with Crippen molar-refractivity contribution in [2.45, 2.75) is 12.0 Å². The van der Waals surface area contributed by atoms with Gasteiger partial charge in [-0.25, -0.2) is 14.4 Å². The SMILES string of the molecule is O=C(O)C1CN(Cc2ccc(-c3nc4nc(C5(c6ccccc6)C=C5)ccc4s3)c(F)c2)C1. The third-order valence-corrected chi connectivity index (χ3v) is 7.45. The lowest BCUT2D eigenvalue weighted by molar-refractivity contribution is -0.147. The van der Waals surface area contributed by atoms with Crippen molar-refractivity contribution in [2.24, 2.45) is 5.92 Å². The number of hydrogen-bond donors (Lipinski definition) is 1. The van der Waals surface area contributed by atoms with Crippen LogP contribution in [0, 0.1) is 11.7 Å². The summed E-state index contributed by atoms with van der Waals surface area (Å²) in [5.74, 6) is -1.42. The number of aliphatic carboxylic acids is 1. The summed E-state index contributed by atoms with van der Waals surface area (Å²) in [6.45, 7) is 1.55. The summed E-state index contributed by atoms with van der Waals surface area (Å²) in [4.78, 5) is 22.4. The van der Waals surface area contributed by atoms with E-state index in [-0.39, 0.29) is 17.2 Å². The largest absolute Gasteiger partial charge is 0.481 e. The number of carbonyl (C=O) groups is 1. The summed E-state index contributed by atoms with van der Waals surface area (Å²) in [6.07, 6.45) is 4.28. The highest BCUT2D eigenvalue weighted by molar-refractivity contribution is 7.21. The van der Waals surface area contributed by atoms with Gasteiger partial charge < -0.3 is 5.11 Å². The number of aromatic nitrogens is 2. The van der Waals surface area contributed by atoms with E-state index in [9.17, 15) is 9.18 Å². The lowest BCUT2D eigenvalue weighted by atomic mass is 9.89. The zero-order chi connectivity index (χ0) is 22.6. The summed E-state index contributed by atoms with van der Waals surface area (Å²) in [5, 5.41) is 9.61. The average molecular weight is 458 g/mol. The van der Waals surface area contributed by atoms with Crippen LogP contribution in [0.1, 0.15) is 16.8 Å². The molecule has 0 bridgehead atoms. The molecule has 2 aromatic carbocycles. The summed E-state index contributed by atoms with van der Waals surface area (Å²) in [7, 11) is 0. The Morgan fingerprint density at radius 3 is 2.58 bits per heavy atom. The number of halogens is 1. The topological polar surface area (TPSA) is 66.3 Å². The molecule has 5 nitrogen and oxygen atoms in total. The van der Waals surface area contributed by atoms with Crippen LogP contribution in [-0.2, 0) is 16.8 Å². The Hall–Kier alpha value is -3.42. The Morgan fingerprint density at radius 1 is 1.09 bits per heavy atom. The molecule has 33 heavy (non-hydrogen) atoms. The van der Waals surface area contributed by atoms with Gasteiger partial charge in [0, 0.05) is 25.2 Å². The van der Waals surface area contributed by atoms with Gasteiger partial charge >= 0.3 is 5.97 Å². The number of rotatable bonds is 6. The molecule has 7 heteroatoms. The zero-order valence-electron chi connectivity index (χ0n) is 17.6. The highest BCUT2D eigenvalue weighted by Crippen LogP contribution is 2.45. The number of nitrogens with zero attached hydrogens (tertiary/aromatic N) is 3. The predicted octanol–water partition coefficient (Wildman–Crippen LogP) is 4.87. The smallest absolute Gasteiger partial charge is 0.309 e. The molecule has 1 fully saturated rings. The van der Waals surface area contributed by atoms with Crippen molar-refractivity contribution in [3.63, 3.8) is 0 Å². The number of allylic oxidation sites excluding steroid dienone is 2. The third kappa shape index (κ3) is 3.53. The standard InChI is InChI=1S/C26H20FN3O2S/c27-20-12-16(13-30-14-17(15-30)25(31)32)6-7-19(20)24-29-23-21(33-24)8-9-22(28-23)26(10-11-26)18-4-2-1-3-5-18/h1-12,17H,13-15H2,(H,31,32). The second-order valence-electron chi connectivity index (χ2n) is 8.65. The van der Waals surface area contributed by atoms with E-state index in [2.05, 4.69) is 29.3 Å². The number of likely N-dealkylation sites (tertiary alicyclic amines) is 1. The van der Waals surface area contributed by atoms with Crippen LogP contribution in [0.4, 0.5) is 4.39 Å². The van der Waals surface area contributed by atoms with E-state index in [1.54, 1.807) is 6.07 Å². The van der Waals surface area contributed by atoms with E-state index in [1.807, 2.05) is 41.3 Å². The van der Waals surface area contributed by atoms with Gasteiger partial charge in [0.05, 0.1) is 21.7 Å². The number of fused-ring (bicyclic) bond motifs is 1. The van der Waals surface area contributed by atoms with Gasteiger partial charge in [0.2, 0.25) is 0 Å². The zero-order valence-corrected chi connectivity index (χ0v) is 18.4. The van der Waals surface area contributed by atoms with Crippen LogP contribution in [0.5, 0.6) is 0 Å². The molecule has 0 amide bonds. The molecule has 164 valence electrons. The van der Waals surface area contributed by atoms with Crippen molar-refractivity contribution in [1.29, 1.82) is 0 Å². The molecule has 1 saturated heterocycles. The van der Waals surface area contributed by atoms with Crippen molar-refractivity contribution in [3.8, 4) is 10.6 Å². The maximum Gasteiger partial charge on any atom is 0.309 e. The first kappa shape index (κ1) is 20.2. The van der Waals surface area contributed by atoms with Gasteiger partial charge in [-0.1, -0.05) is 48.6 Å². The number of carboxylic acids is 1. The van der Waals surface area contributed by atoms with E-state index < -0.39 is 5.97 Å². The van der Waals surface area contributed by atoms with Crippen molar-refractivity contribution >= 4 is 27.7 Å². The van der Waals surface area contributed by atoms with Gasteiger partial charge in [-0.3, -0.25) is 9.69 Å². The maximum atomic E-state index is 15.0. The van der Waals surface area contributed by atoms with Gasteiger partial charge in [-0.15, -0.1) is 11.3 Å². The molecule has 0 unspecified atom stereocenters. The van der Waals surface area contributed by atoms with Gasteiger partial charge in [0.15, 0.2) is 5.65 Å². The Morgan fingerprint density at radius 2 is 1.88 bits per heavy atom. The first-order chi connectivity index (χ1) is 16.0. The van der Waals surface area contributed by atoms with Crippen molar-refractivity contribution in [1.82, 2.24) is 14.9 Å². The molecule has 1 aliphatic carbocycles. The molecule has 0 radical (unpaired) electrons. The lowest BCUT2D eigenvalue weighted by Crippen LogP contribution is -2.49. The molecule has 1 N–H and O–H groups in total. The highest BCUT2D eigenvalue weighted by atomic mass is 32.1. The Labute approximate surface area is 193 Å². The van der Waals surface area contributed by atoms with E-state index in [0.717, 1.165) is 16.0 Å². The highest BCUT2D eigenvalue weighted by Gasteiger charge is 2.39. The van der Waals surface area contributed by atoms with Crippen LogP contribution in [0.3, 0.4) is 0 Å². The Balaban J connectivity index is 1.25. The van der Waals surface area contributed by atoms with E-state index in [4.69, 9.17) is 10.1 Å².